The SMILES string of the molecule is CCNC(=NCc1ccnc(-n2cccn2)c1)NCCc1ccc(F)cc1.I. The second kappa shape index (κ2) is 11.4. The molecule has 0 saturated heterocycles. The third-order valence-electron chi connectivity index (χ3n) is 3.93. The summed E-state index contributed by atoms with van der Waals surface area (Å²) in [5.74, 6) is 1.30. The van der Waals surface area contributed by atoms with Gasteiger partial charge in [-0.25, -0.2) is 19.0 Å². The summed E-state index contributed by atoms with van der Waals surface area (Å²) in [5.41, 5.74) is 2.13. The van der Waals surface area contributed by atoms with Gasteiger partial charge < -0.3 is 10.6 Å². The van der Waals surface area contributed by atoms with Crippen LogP contribution in [-0.2, 0) is 13.0 Å². The topological polar surface area (TPSA) is 67.1 Å². The van der Waals surface area contributed by atoms with Gasteiger partial charge in [0.1, 0.15) is 5.82 Å². The van der Waals surface area contributed by atoms with Gasteiger partial charge >= 0.3 is 0 Å². The monoisotopic (exact) mass is 494 g/mol. The lowest BCUT2D eigenvalue weighted by Gasteiger charge is -2.11. The van der Waals surface area contributed by atoms with E-state index < -0.39 is 0 Å². The van der Waals surface area contributed by atoms with Crippen molar-refractivity contribution in [1.82, 2.24) is 25.4 Å². The maximum Gasteiger partial charge on any atom is 0.191 e. The van der Waals surface area contributed by atoms with Gasteiger partial charge in [0.05, 0.1) is 6.54 Å². The first kappa shape index (κ1) is 21.8. The number of halogens is 2. The molecule has 0 spiro atoms. The zero-order valence-corrected chi connectivity index (χ0v) is 18.0. The van der Waals surface area contributed by atoms with E-state index in [4.69, 9.17) is 0 Å². The maximum absolute atomic E-state index is 13.0. The number of rotatable bonds is 7. The largest absolute Gasteiger partial charge is 0.357 e. The maximum atomic E-state index is 13.0. The van der Waals surface area contributed by atoms with E-state index in [1.54, 1.807) is 29.2 Å². The fourth-order valence-electron chi connectivity index (χ4n) is 2.58. The predicted octanol–water partition coefficient (Wildman–Crippen LogP) is 3.32. The summed E-state index contributed by atoms with van der Waals surface area (Å²) in [7, 11) is 0. The van der Waals surface area contributed by atoms with Gasteiger partial charge in [-0.3, -0.25) is 0 Å². The van der Waals surface area contributed by atoms with Crippen LogP contribution in [0.1, 0.15) is 18.1 Å². The Hall–Kier alpha value is -2.49. The highest BCUT2D eigenvalue weighted by atomic mass is 127. The number of nitrogens with one attached hydrogen (secondary N) is 2. The number of aromatic nitrogens is 3. The van der Waals surface area contributed by atoms with E-state index >= 15 is 0 Å². The molecule has 3 rings (SSSR count). The normalized spacial score (nSPS) is 11.0. The Kier molecular flexibility index (Phi) is 8.86. The Morgan fingerprint density at radius 2 is 1.93 bits per heavy atom. The minimum atomic E-state index is -0.214. The molecule has 6 nitrogen and oxygen atoms in total. The molecule has 0 aliphatic carbocycles. The summed E-state index contributed by atoms with van der Waals surface area (Å²) in [6.07, 6.45) is 6.14. The van der Waals surface area contributed by atoms with Gasteiger partial charge in [0.25, 0.3) is 0 Å². The van der Waals surface area contributed by atoms with Crippen LogP contribution in [-0.4, -0.2) is 33.8 Å². The summed E-state index contributed by atoms with van der Waals surface area (Å²) in [6.45, 7) is 4.05. The number of guanidine groups is 1. The quantitative estimate of drug-likeness (QED) is 0.301. The predicted molar refractivity (Wildman–Crippen MR) is 120 cm³/mol. The molecule has 8 heteroatoms. The second-order valence-corrected chi connectivity index (χ2v) is 5.97. The van der Waals surface area contributed by atoms with E-state index in [2.05, 4.69) is 25.7 Å². The molecule has 0 bridgehead atoms. The molecule has 2 heterocycles. The van der Waals surface area contributed by atoms with Crippen molar-refractivity contribution in [3.05, 3.63) is 78.0 Å². The summed E-state index contributed by atoms with van der Waals surface area (Å²) in [5, 5.41) is 10.7. The number of pyridine rings is 1. The first-order valence-corrected chi connectivity index (χ1v) is 8.96. The molecule has 0 amide bonds. The van der Waals surface area contributed by atoms with Crippen molar-refractivity contribution in [2.45, 2.75) is 19.9 Å². The molecule has 2 N–H and O–H groups in total. The van der Waals surface area contributed by atoms with Gasteiger partial charge in [0, 0.05) is 31.7 Å². The average molecular weight is 494 g/mol. The average Bonchev–Trinajstić information content (AvgIpc) is 3.23. The third-order valence-corrected chi connectivity index (χ3v) is 3.93. The Morgan fingerprint density at radius 1 is 1.11 bits per heavy atom. The van der Waals surface area contributed by atoms with E-state index in [1.807, 2.05) is 31.3 Å². The Balaban J connectivity index is 0.00000280. The Morgan fingerprint density at radius 3 is 2.64 bits per heavy atom. The van der Waals surface area contributed by atoms with Crippen molar-refractivity contribution >= 4 is 29.9 Å². The molecule has 0 aliphatic rings. The summed E-state index contributed by atoms with van der Waals surface area (Å²) < 4.78 is 14.7. The van der Waals surface area contributed by atoms with Gasteiger partial charge in [-0.05, 0) is 54.8 Å². The highest BCUT2D eigenvalue weighted by Crippen LogP contribution is 2.07. The molecular formula is C20H24FIN6. The minimum Gasteiger partial charge on any atom is -0.357 e. The van der Waals surface area contributed by atoms with Crippen molar-refractivity contribution in [3.8, 4) is 5.82 Å². The van der Waals surface area contributed by atoms with Gasteiger partial charge in [-0.15, -0.1) is 24.0 Å². The molecule has 0 atom stereocenters. The van der Waals surface area contributed by atoms with Crippen LogP contribution in [0, 0.1) is 5.82 Å². The van der Waals surface area contributed by atoms with Crippen molar-refractivity contribution < 1.29 is 4.39 Å². The zero-order chi connectivity index (χ0) is 18.9. The van der Waals surface area contributed by atoms with Crippen LogP contribution in [0.3, 0.4) is 0 Å². The van der Waals surface area contributed by atoms with E-state index in [1.165, 1.54) is 12.1 Å². The molecule has 28 heavy (non-hydrogen) atoms. The molecule has 0 fully saturated rings. The van der Waals surface area contributed by atoms with Crippen LogP contribution in [0.25, 0.3) is 5.82 Å². The smallest absolute Gasteiger partial charge is 0.191 e. The molecular weight excluding hydrogens is 470 g/mol. The number of aliphatic imine (C=N–C) groups is 1. The number of benzene rings is 1. The fraction of sp³-hybridized carbons (Fsp3) is 0.250. The molecule has 1 aromatic carbocycles. The van der Waals surface area contributed by atoms with Crippen molar-refractivity contribution in [3.63, 3.8) is 0 Å². The van der Waals surface area contributed by atoms with Crippen LogP contribution < -0.4 is 10.6 Å². The van der Waals surface area contributed by atoms with Crippen LogP contribution in [0.5, 0.6) is 0 Å². The van der Waals surface area contributed by atoms with Crippen molar-refractivity contribution in [1.29, 1.82) is 0 Å². The Bertz CT molecular complexity index is 865. The first-order chi connectivity index (χ1) is 13.2. The molecule has 3 aromatic rings. The molecule has 148 valence electrons. The minimum absolute atomic E-state index is 0. The van der Waals surface area contributed by atoms with Gasteiger partial charge in [-0.1, -0.05) is 12.1 Å². The molecule has 2 aromatic heterocycles. The second-order valence-electron chi connectivity index (χ2n) is 5.97. The van der Waals surface area contributed by atoms with E-state index in [9.17, 15) is 4.39 Å². The van der Waals surface area contributed by atoms with Gasteiger partial charge in [0.15, 0.2) is 11.8 Å². The summed E-state index contributed by atoms with van der Waals surface area (Å²) in [4.78, 5) is 8.96. The van der Waals surface area contributed by atoms with Crippen molar-refractivity contribution in [2.75, 3.05) is 13.1 Å². The van der Waals surface area contributed by atoms with Crippen molar-refractivity contribution in [2.24, 2.45) is 4.99 Å². The highest BCUT2D eigenvalue weighted by Gasteiger charge is 2.02. The molecule has 0 aliphatic heterocycles. The number of hydrogen-bond acceptors (Lipinski definition) is 3. The third kappa shape index (κ3) is 6.59. The van der Waals surface area contributed by atoms with E-state index in [0.717, 1.165) is 35.9 Å². The molecule has 0 unspecified atom stereocenters. The van der Waals surface area contributed by atoms with Crippen LogP contribution in [0.15, 0.2) is 66.0 Å². The van der Waals surface area contributed by atoms with Crippen LogP contribution >= 0.6 is 24.0 Å². The van der Waals surface area contributed by atoms with E-state index in [-0.39, 0.29) is 29.8 Å². The zero-order valence-electron chi connectivity index (χ0n) is 15.7. The Labute approximate surface area is 181 Å². The first-order valence-electron chi connectivity index (χ1n) is 8.96. The van der Waals surface area contributed by atoms with E-state index in [0.29, 0.717) is 13.1 Å². The lowest BCUT2D eigenvalue weighted by atomic mass is 10.1. The summed E-state index contributed by atoms with van der Waals surface area (Å²) >= 11 is 0. The van der Waals surface area contributed by atoms with Crippen LogP contribution in [0.2, 0.25) is 0 Å². The molecule has 0 saturated carbocycles. The van der Waals surface area contributed by atoms with Gasteiger partial charge in [0.2, 0.25) is 0 Å². The summed E-state index contributed by atoms with van der Waals surface area (Å²) in [6, 6.07) is 12.3. The fourth-order valence-corrected chi connectivity index (χ4v) is 2.58. The lowest BCUT2D eigenvalue weighted by molar-refractivity contribution is 0.626. The van der Waals surface area contributed by atoms with Crippen LogP contribution in [0.4, 0.5) is 4.39 Å². The standard InChI is InChI=1S/C20H23FN6.HI/c1-2-22-20(24-12-8-16-4-6-18(21)7-5-16)25-15-17-9-11-23-19(14-17)27-13-3-10-26-27;/h3-7,9-11,13-14H,2,8,12,15H2,1H3,(H2,22,24,25);1H. The lowest BCUT2D eigenvalue weighted by Crippen LogP contribution is -2.38. The highest BCUT2D eigenvalue weighted by molar-refractivity contribution is 14.0. The number of hydrogen-bond donors (Lipinski definition) is 2. The molecule has 0 radical (unpaired) electrons. The van der Waals surface area contributed by atoms with Gasteiger partial charge in [-0.2, -0.15) is 5.10 Å². The number of nitrogens with zero attached hydrogens (tertiary/aromatic N) is 4.